The molecule has 2 aliphatic rings. The van der Waals surface area contributed by atoms with E-state index < -0.39 is 0 Å². The first-order valence-electron chi connectivity index (χ1n) is 6.33. The van der Waals surface area contributed by atoms with Crippen molar-refractivity contribution in [3.05, 3.63) is 23.7 Å². The Morgan fingerprint density at radius 1 is 1.44 bits per heavy atom. The summed E-state index contributed by atoms with van der Waals surface area (Å²) in [5.41, 5.74) is 1.25. The zero-order valence-corrected chi connectivity index (χ0v) is 9.91. The summed E-state index contributed by atoms with van der Waals surface area (Å²) in [6.07, 6.45) is 5.90. The van der Waals surface area contributed by atoms with Crippen molar-refractivity contribution in [1.82, 2.24) is 10.2 Å². The maximum Gasteiger partial charge on any atom is 0.120 e. The lowest BCUT2D eigenvalue weighted by Crippen LogP contribution is -2.32. The first-order valence-corrected chi connectivity index (χ1v) is 6.33. The van der Waals surface area contributed by atoms with Gasteiger partial charge in [-0.3, -0.25) is 4.90 Å². The van der Waals surface area contributed by atoms with Gasteiger partial charge in [-0.2, -0.15) is 0 Å². The van der Waals surface area contributed by atoms with E-state index >= 15 is 0 Å². The molecule has 1 aromatic rings. The van der Waals surface area contributed by atoms with Crippen LogP contribution in [0.4, 0.5) is 0 Å². The molecule has 2 heterocycles. The summed E-state index contributed by atoms with van der Waals surface area (Å²) in [4.78, 5) is 2.63. The van der Waals surface area contributed by atoms with E-state index in [0.29, 0.717) is 6.04 Å². The molecule has 1 saturated carbocycles. The quantitative estimate of drug-likeness (QED) is 0.840. The molecule has 16 heavy (non-hydrogen) atoms. The van der Waals surface area contributed by atoms with Gasteiger partial charge in [0.1, 0.15) is 5.76 Å². The maximum absolute atomic E-state index is 5.43. The van der Waals surface area contributed by atoms with Gasteiger partial charge < -0.3 is 9.73 Å². The summed E-state index contributed by atoms with van der Waals surface area (Å²) in [6, 6.07) is 3.60. The fraction of sp³-hybridized carbons (Fsp3) is 0.692. The summed E-state index contributed by atoms with van der Waals surface area (Å²) in [7, 11) is 0. The molecule has 1 aliphatic heterocycles. The van der Waals surface area contributed by atoms with E-state index in [1.807, 2.05) is 6.07 Å². The molecule has 3 nitrogen and oxygen atoms in total. The lowest BCUT2D eigenvalue weighted by Gasteiger charge is -2.15. The number of rotatable bonds is 4. The predicted molar refractivity (Wildman–Crippen MR) is 63.3 cm³/mol. The molecule has 0 spiro atoms. The molecule has 1 atom stereocenters. The molecule has 3 heteroatoms. The largest absolute Gasteiger partial charge is 0.468 e. The molecule has 2 fully saturated rings. The monoisotopic (exact) mass is 220 g/mol. The highest BCUT2D eigenvalue weighted by molar-refractivity contribution is 5.14. The molecule has 0 amide bonds. The van der Waals surface area contributed by atoms with Crippen molar-refractivity contribution in [1.29, 1.82) is 0 Å². The second-order valence-electron chi connectivity index (χ2n) is 5.12. The molecular weight excluding hydrogens is 200 g/mol. The number of furan rings is 1. The maximum atomic E-state index is 5.43. The summed E-state index contributed by atoms with van der Waals surface area (Å²) in [5.74, 6) is 1.09. The molecule has 88 valence electrons. The lowest BCUT2D eigenvalue weighted by atomic mass is 10.2. The van der Waals surface area contributed by atoms with Crippen LogP contribution in [0.3, 0.4) is 0 Å². The molecule has 1 saturated heterocycles. The van der Waals surface area contributed by atoms with Gasteiger partial charge in [-0.15, -0.1) is 0 Å². The van der Waals surface area contributed by atoms with E-state index in [1.165, 1.54) is 37.9 Å². The first-order chi connectivity index (χ1) is 7.83. The van der Waals surface area contributed by atoms with Gasteiger partial charge in [0.25, 0.3) is 0 Å². The summed E-state index contributed by atoms with van der Waals surface area (Å²) in [5, 5.41) is 3.60. The van der Waals surface area contributed by atoms with Gasteiger partial charge in [0, 0.05) is 25.2 Å². The number of hydrogen-bond donors (Lipinski definition) is 1. The Morgan fingerprint density at radius 2 is 2.31 bits per heavy atom. The Labute approximate surface area is 96.8 Å². The van der Waals surface area contributed by atoms with Crippen molar-refractivity contribution in [2.24, 2.45) is 0 Å². The SMILES string of the molecule is Cc1ccoc1CNC1CCN(C2CC2)C1. The number of likely N-dealkylation sites (tertiary alicyclic amines) is 1. The van der Waals surface area contributed by atoms with Crippen molar-refractivity contribution in [3.8, 4) is 0 Å². The van der Waals surface area contributed by atoms with Gasteiger partial charge in [-0.05, 0) is 37.8 Å². The fourth-order valence-electron chi connectivity index (χ4n) is 2.55. The standard InChI is InChI=1S/C13H20N2O/c1-10-5-7-16-13(10)8-14-11-4-6-15(9-11)12-2-3-12/h5,7,11-12,14H,2-4,6,8-9H2,1H3. The van der Waals surface area contributed by atoms with Crippen LogP contribution in [-0.4, -0.2) is 30.1 Å². The lowest BCUT2D eigenvalue weighted by molar-refractivity contribution is 0.315. The van der Waals surface area contributed by atoms with Crippen LogP contribution in [0.25, 0.3) is 0 Å². The zero-order valence-electron chi connectivity index (χ0n) is 9.91. The van der Waals surface area contributed by atoms with E-state index in [2.05, 4.69) is 17.1 Å². The van der Waals surface area contributed by atoms with Crippen LogP contribution in [0, 0.1) is 6.92 Å². The van der Waals surface area contributed by atoms with Crippen molar-refractivity contribution in [2.75, 3.05) is 13.1 Å². The third kappa shape index (κ3) is 2.15. The Bertz CT molecular complexity index is 357. The highest BCUT2D eigenvalue weighted by Gasteiger charge is 2.34. The second-order valence-corrected chi connectivity index (χ2v) is 5.12. The van der Waals surface area contributed by atoms with Gasteiger partial charge in [-0.25, -0.2) is 0 Å². The normalized spacial score (nSPS) is 26.4. The predicted octanol–water partition coefficient (Wildman–Crippen LogP) is 1.91. The minimum Gasteiger partial charge on any atom is -0.468 e. The van der Waals surface area contributed by atoms with Crippen molar-refractivity contribution in [3.63, 3.8) is 0 Å². The van der Waals surface area contributed by atoms with Crippen molar-refractivity contribution < 1.29 is 4.42 Å². The topological polar surface area (TPSA) is 28.4 Å². The third-order valence-electron chi connectivity index (χ3n) is 3.80. The first kappa shape index (κ1) is 10.4. The molecule has 0 radical (unpaired) electrons. The van der Waals surface area contributed by atoms with E-state index in [1.54, 1.807) is 6.26 Å². The molecule has 0 bridgehead atoms. The Hall–Kier alpha value is -0.800. The number of hydrogen-bond acceptors (Lipinski definition) is 3. The average molecular weight is 220 g/mol. The minimum absolute atomic E-state index is 0.657. The van der Waals surface area contributed by atoms with Crippen LogP contribution in [0.5, 0.6) is 0 Å². The van der Waals surface area contributed by atoms with Crippen LogP contribution in [0.1, 0.15) is 30.6 Å². The van der Waals surface area contributed by atoms with E-state index in [-0.39, 0.29) is 0 Å². The zero-order chi connectivity index (χ0) is 11.0. The van der Waals surface area contributed by atoms with Gasteiger partial charge in [0.05, 0.1) is 12.8 Å². The molecule has 3 rings (SSSR count). The van der Waals surface area contributed by atoms with E-state index in [0.717, 1.165) is 18.3 Å². The van der Waals surface area contributed by atoms with Crippen LogP contribution >= 0.6 is 0 Å². The van der Waals surface area contributed by atoms with Crippen LogP contribution in [0.15, 0.2) is 16.7 Å². The van der Waals surface area contributed by atoms with Crippen molar-refractivity contribution >= 4 is 0 Å². The van der Waals surface area contributed by atoms with Gasteiger partial charge >= 0.3 is 0 Å². The number of nitrogens with zero attached hydrogens (tertiary/aromatic N) is 1. The van der Waals surface area contributed by atoms with Crippen LogP contribution in [0.2, 0.25) is 0 Å². The third-order valence-corrected chi connectivity index (χ3v) is 3.80. The van der Waals surface area contributed by atoms with E-state index in [4.69, 9.17) is 4.42 Å². The Morgan fingerprint density at radius 3 is 3.00 bits per heavy atom. The summed E-state index contributed by atoms with van der Waals surface area (Å²) < 4.78 is 5.43. The fourth-order valence-corrected chi connectivity index (χ4v) is 2.55. The van der Waals surface area contributed by atoms with E-state index in [9.17, 15) is 0 Å². The van der Waals surface area contributed by atoms with Crippen molar-refractivity contribution in [2.45, 2.75) is 44.8 Å². The molecular formula is C13H20N2O. The van der Waals surface area contributed by atoms with Gasteiger partial charge in [0.15, 0.2) is 0 Å². The van der Waals surface area contributed by atoms with Crippen LogP contribution < -0.4 is 5.32 Å². The molecule has 1 N–H and O–H groups in total. The Kier molecular flexibility index (Phi) is 2.74. The summed E-state index contributed by atoms with van der Waals surface area (Å²) in [6.45, 7) is 5.48. The second kappa shape index (κ2) is 4.22. The molecule has 0 aromatic carbocycles. The van der Waals surface area contributed by atoms with Gasteiger partial charge in [-0.1, -0.05) is 0 Å². The highest BCUT2D eigenvalue weighted by atomic mass is 16.3. The van der Waals surface area contributed by atoms with Gasteiger partial charge in [0.2, 0.25) is 0 Å². The number of aryl methyl sites for hydroxylation is 1. The average Bonchev–Trinajstić information content (AvgIpc) is 2.89. The molecule has 1 aliphatic carbocycles. The number of nitrogens with one attached hydrogen (secondary N) is 1. The minimum atomic E-state index is 0.657. The highest BCUT2D eigenvalue weighted by Crippen LogP contribution is 2.29. The Balaban J connectivity index is 1.47. The molecule has 1 unspecified atom stereocenters. The summed E-state index contributed by atoms with van der Waals surface area (Å²) >= 11 is 0. The van der Waals surface area contributed by atoms with Crippen LogP contribution in [-0.2, 0) is 6.54 Å². The smallest absolute Gasteiger partial charge is 0.120 e. The molecule has 1 aromatic heterocycles.